The number of anilines is 1. The Bertz CT molecular complexity index is 666. The van der Waals surface area contributed by atoms with Crippen LogP contribution in [0.2, 0.25) is 0 Å². The summed E-state index contributed by atoms with van der Waals surface area (Å²) in [6, 6.07) is 4.95. The third-order valence-corrected chi connectivity index (χ3v) is 4.66. The van der Waals surface area contributed by atoms with Gasteiger partial charge in [0.15, 0.2) is 5.76 Å². The molecule has 0 saturated carbocycles. The predicted octanol–water partition coefficient (Wildman–Crippen LogP) is 2.74. The predicted molar refractivity (Wildman–Crippen MR) is 96.2 cm³/mol. The third kappa shape index (κ3) is 4.59. The van der Waals surface area contributed by atoms with Crippen LogP contribution in [0.1, 0.15) is 33.8 Å². The SMILES string of the molecule is Cl.O=C(Nc1sccc1C(=O)NCC1CCCNC1)c1ccco1. The van der Waals surface area contributed by atoms with Crippen LogP contribution in [0.4, 0.5) is 5.00 Å². The summed E-state index contributed by atoms with van der Waals surface area (Å²) in [6.07, 6.45) is 3.71. The van der Waals surface area contributed by atoms with Crippen LogP contribution < -0.4 is 16.0 Å². The highest BCUT2D eigenvalue weighted by molar-refractivity contribution is 7.14. The maximum atomic E-state index is 12.3. The van der Waals surface area contributed by atoms with Gasteiger partial charge in [-0.05, 0) is 55.4 Å². The number of hydrogen-bond donors (Lipinski definition) is 3. The molecule has 2 aromatic rings. The van der Waals surface area contributed by atoms with Crippen LogP contribution in [0.3, 0.4) is 0 Å². The van der Waals surface area contributed by atoms with E-state index in [2.05, 4.69) is 16.0 Å². The molecule has 1 aliphatic rings. The first kappa shape index (κ1) is 18.5. The lowest BCUT2D eigenvalue weighted by atomic mass is 10.00. The van der Waals surface area contributed by atoms with Crippen molar-refractivity contribution in [3.63, 3.8) is 0 Å². The van der Waals surface area contributed by atoms with E-state index < -0.39 is 0 Å². The molecule has 3 N–H and O–H groups in total. The molecule has 1 saturated heterocycles. The fraction of sp³-hybridized carbons (Fsp3) is 0.375. The highest BCUT2D eigenvalue weighted by Crippen LogP contribution is 2.24. The van der Waals surface area contributed by atoms with Gasteiger partial charge >= 0.3 is 0 Å². The number of halogens is 1. The molecule has 24 heavy (non-hydrogen) atoms. The summed E-state index contributed by atoms with van der Waals surface area (Å²) in [6.45, 7) is 2.64. The van der Waals surface area contributed by atoms with Gasteiger partial charge in [0.25, 0.3) is 11.8 Å². The largest absolute Gasteiger partial charge is 0.459 e. The molecule has 0 bridgehead atoms. The molecular weight excluding hydrogens is 350 g/mol. The van der Waals surface area contributed by atoms with Crippen molar-refractivity contribution in [3.05, 3.63) is 41.2 Å². The summed E-state index contributed by atoms with van der Waals surface area (Å²) in [7, 11) is 0. The molecule has 1 fully saturated rings. The molecule has 8 heteroatoms. The van der Waals surface area contributed by atoms with Crippen LogP contribution >= 0.6 is 23.7 Å². The Kier molecular flexibility index (Phi) is 6.84. The van der Waals surface area contributed by atoms with Gasteiger partial charge in [-0.2, -0.15) is 0 Å². The van der Waals surface area contributed by atoms with Gasteiger partial charge in [0, 0.05) is 6.54 Å². The van der Waals surface area contributed by atoms with E-state index in [1.54, 1.807) is 23.6 Å². The fourth-order valence-electron chi connectivity index (χ4n) is 2.59. The van der Waals surface area contributed by atoms with E-state index in [9.17, 15) is 9.59 Å². The van der Waals surface area contributed by atoms with Gasteiger partial charge in [-0.3, -0.25) is 9.59 Å². The van der Waals surface area contributed by atoms with Gasteiger partial charge in [-0.1, -0.05) is 0 Å². The van der Waals surface area contributed by atoms with Gasteiger partial charge in [0.1, 0.15) is 5.00 Å². The summed E-state index contributed by atoms with van der Waals surface area (Å²) in [5.74, 6) is 0.167. The highest BCUT2D eigenvalue weighted by atomic mass is 35.5. The van der Waals surface area contributed by atoms with E-state index in [1.165, 1.54) is 17.6 Å². The minimum absolute atomic E-state index is 0. The van der Waals surface area contributed by atoms with Crippen LogP contribution in [-0.2, 0) is 0 Å². The summed E-state index contributed by atoms with van der Waals surface area (Å²) in [5.41, 5.74) is 0.485. The molecule has 0 radical (unpaired) electrons. The van der Waals surface area contributed by atoms with E-state index in [-0.39, 0.29) is 30.0 Å². The molecular formula is C16H20ClN3O3S. The molecule has 0 aromatic carbocycles. The van der Waals surface area contributed by atoms with Gasteiger partial charge in [-0.25, -0.2) is 0 Å². The molecule has 130 valence electrons. The van der Waals surface area contributed by atoms with Crippen molar-refractivity contribution < 1.29 is 14.0 Å². The Morgan fingerprint density at radius 1 is 1.33 bits per heavy atom. The molecule has 6 nitrogen and oxygen atoms in total. The monoisotopic (exact) mass is 369 g/mol. The topological polar surface area (TPSA) is 83.4 Å². The quantitative estimate of drug-likeness (QED) is 0.756. The summed E-state index contributed by atoms with van der Waals surface area (Å²) in [4.78, 5) is 24.4. The highest BCUT2D eigenvalue weighted by Gasteiger charge is 2.19. The van der Waals surface area contributed by atoms with Crippen molar-refractivity contribution in [1.29, 1.82) is 0 Å². The number of carbonyl (C=O) groups is 2. The molecule has 0 aliphatic carbocycles. The van der Waals surface area contributed by atoms with Crippen LogP contribution in [0.15, 0.2) is 34.3 Å². The average Bonchev–Trinajstić information content (AvgIpc) is 3.25. The van der Waals surface area contributed by atoms with Gasteiger partial charge in [-0.15, -0.1) is 23.7 Å². The van der Waals surface area contributed by atoms with Crippen molar-refractivity contribution in [2.75, 3.05) is 25.0 Å². The number of piperidine rings is 1. The van der Waals surface area contributed by atoms with Gasteiger partial charge < -0.3 is 20.4 Å². The number of carbonyl (C=O) groups excluding carboxylic acids is 2. The summed E-state index contributed by atoms with van der Waals surface area (Å²) >= 11 is 1.32. The minimum atomic E-state index is -0.358. The third-order valence-electron chi connectivity index (χ3n) is 3.83. The second-order valence-electron chi connectivity index (χ2n) is 5.52. The number of furan rings is 1. The Hall–Kier alpha value is -1.83. The first-order chi connectivity index (χ1) is 11.2. The fourth-order valence-corrected chi connectivity index (χ4v) is 3.37. The molecule has 2 aromatic heterocycles. The van der Waals surface area contributed by atoms with Gasteiger partial charge in [0.2, 0.25) is 0 Å². The second kappa shape index (κ2) is 8.86. The van der Waals surface area contributed by atoms with E-state index in [4.69, 9.17) is 4.42 Å². The normalized spacial score (nSPS) is 16.9. The molecule has 3 heterocycles. The molecule has 3 rings (SSSR count). The van der Waals surface area contributed by atoms with Crippen molar-refractivity contribution in [3.8, 4) is 0 Å². The standard InChI is InChI=1S/C16H19N3O3S.ClH/c20-14(18-10-11-3-1-6-17-9-11)12-5-8-23-16(12)19-15(21)13-4-2-7-22-13;/h2,4-5,7-8,11,17H,1,3,6,9-10H2,(H,18,20)(H,19,21);1H. The average molecular weight is 370 g/mol. The van der Waals surface area contributed by atoms with Crippen LogP contribution in [0.25, 0.3) is 0 Å². The van der Waals surface area contributed by atoms with Crippen molar-refractivity contribution in [2.24, 2.45) is 5.92 Å². The maximum absolute atomic E-state index is 12.3. The zero-order valence-electron chi connectivity index (χ0n) is 13.0. The van der Waals surface area contributed by atoms with Crippen LogP contribution in [-0.4, -0.2) is 31.4 Å². The Balaban J connectivity index is 0.00000208. The lowest BCUT2D eigenvalue weighted by molar-refractivity contribution is 0.0946. The number of thiophene rings is 1. The van der Waals surface area contributed by atoms with E-state index in [0.717, 1.165) is 25.9 Å². The molecule has 0 spiro atoms. The van der Waals surface area contributed by atoms with Gasteiger partial charge in [0.05, 0.1) is 11.8 Å². The Labute approximate surface area is 150 Å². The van der Waals surface area contributed by atoms with Crippen LogP contribution in [0, 0.1) is 5.92 Å². The first-order valence-electron chi connectivity index (χ1n) is 7.65. The first-order valence-corrected chi connectivity index (χ1v) is 8.53. The molecule has 1 aliphatic heterocycles. The van der Waals surface area contributed by atoms with E-state index in [0.29, 0.717) is 23.0 Å². The summed E-state index contributed by atoms with van der Waals surface area (Å²) < 4.78 is 5.06. The number of amides is 2. The molecule has 1 unspecified atom stereocenters. The zero-order chi connectivity index (χ0) is 16.1. The number of hydrogen-bond acceptors (Lipinski definition) is 5. The molecule has 2 amide bonds. The second-order valence-corrected chi connectivity index (χ2v) is 6.43. The lowest BCUT2D eigenvalue weighted by Crippen LogP contribution is -2.38. The van der Waals surface area contributed by atoms with Crippen molar-refractivity contribution >= 4 is 40.6 Å². The number of nitrogens with one attached hydrogen (secondary N) is 3. The smallest absolute Gasteiger partial charge is 0.291 e. The Morgan fingerprint density at radius 3 is 2.92 bits per heavy atom. The lowest BCUT2D eigenvalue weighted by Gasteiger charge is -2.22. The van der Waals surface area contributed by atoms with Crippen molar-refractivity contribution in [2.45, 2.75) is 12.8 Å². The maximum Gasteiger partial charge on any atom is 0.291 e. The van der Waals surface area contributed by atoms with Crippen molar-refractivity contribution in [1.82, 2.24) is 10.6 Å². The van der Waals surface area contributed by atoms with E-state index >= 15 is 0 Å². The number of rotatable bonds is 5. The van der Waals surface area contributed by atoms with Crippen LogP contribution in [0.5, 0.6) is 0 Å². The summed E-state index contributed by atoms with van der Waals surface area (Å²) in [5, 5.41) is 11.3. The zero-order valence-corrected chi connectivity index (χ0v) is 14.7. The van der Waals surface area contributed by atoms with E-state index in [1.807, 2.05) is 0 Å². The Morgan fingerprint density at radius 2 is 2.21 bits per heavy atom. The minimum Gasteiger partial charge on any atom is -0.459 e. The molecule has 1 atom stereocenters.